The second-order valence-corrected chi connectivity index (χ2v) is 0.907. The fourth-order valence-electron chi connectivity index (χ4n) is 0.0373. The van der Waals surface area contributed by atoms with Gasteiger partial charge in [-0.3, -0.25) is 4.79 Å². The number of hydrogen-bond donors (Lipinski definition) is 2. The summed E-state index contributed by atoms with van der Waals surface area (Å²) in [6.07, 6.45) is 1.39. The third-order valence-corrected chi connectivity index (χ3v) is 0.348. The van der Waals surface area contributed by atoms with Crippen molar-refractivity contribution in [1.82, 2.24) is 0 Å². The lowest BCUT2D eigenvalue weighted by Gasteiger charge is -1.88. The van der Waals surface area contributed by atoms with Crippen LogP contribution in [-0.4, -0.2) is 24.0 Å². The van der Waals surface area contributed by atoms with Crippen LogP contribution in [0.2, 0.25) is 0 Å². The zero-order chi connectivity index (χ0) is 4.99. The molecule has 0 spiro atoms. The number of aliphatic hydroxyl groups is 1. The largest absolute Gasteiger partial charge is 0.394 e. The summed E-state index contributed by atoms with van der Waals surface area (Å²) in [6.45, 7) is -0.316. The van der Waals surface area contributed by atoms with Gasteiger partial charge >= 0.3 is 0 Å². The van der Waals surface area contributed by atoms with Crippen molar-refractivity contribution < 1.29 is 9.90 Å². The SMILES string of the molecule is NC([C]=O)CO. The molecule has 3 N–H and O–H groups in total. The van der Waals surface area contributed by atoms with E-state index in [2.05, 4.69) is 0 Å². The highest BCUT2D eigenvalue weighted by Gasteiger charge is 1.92. The van der Waals surface area contributed by atoms with Crippen LogP contribution in [0.1, 0.15) is 0 Å². The van der Waals surface area contributed by atoms with Gasteiger partial charge in [0.05, 0.1) is 12.6 Å². The fourth-order valence-corrected chi connectivity index (χ4v) is 0.0373. The summed E-state index contributed by atoms with van der Waals surface area (Å²) < 4.78 is 0. The summed E-state index contributed by atoms with van der Waals surface area (Å²) in [7, 11) is 0. The zero-order valence-corrected chi connectivity index (χ0v) is 3.22. The Balaban J connectivity index is 2.96. The molecular weight excluding hydrogens is 82.0 g/mol. The average molecular weight is 88.1 g/mol. The van der Waals surface area contributed by atoms with Crippen molar-refractivity contribution >= 4 is 6.29 Å². The normalized spacial score (nSPS) is 13.7. The lowest BCUT2D eigenvalue weighted by atomic mass is 10.4. The highest BCUT2D eigenvalue weighted by molar-refractivity contribution is 5.57. The molecule has 0 fully saturated rings. The van der Waals surface area contributed by atoms with Gasteiger partial charge < -0.3 is 10.8 Å². The Bertz CT molecular complexity index is 46.1. The molecule has 3 nitrogen and oxygen atoms in total. The quantitative estimate of drug-likeness (QED) is 0.428. The van der Waals surface area contributed by atoms with E-state index in [-0.39, 0.29) is 6.61 Å². The molecule has 0 saturated carbocycles. The molecule has 0 bridgehead atoms. The van der Waals surface area contributed by atoms with Crippen molar-refractivity contribution in [3.63, 3.8) is 0 Å². The molecule has 1 radical (unpaired) electrons. The third kappa shape index (κ3) is 1.87. The minimum absolute atomic E-state index is 0.316. The van der Waals surface area contributed by atoms with E-state index in [1.165, 1.54) is 6.29 Å². The van der Waals surface area contributed by atoms with Crippen LogP contribution in [0.3, 0.4) is 0 Å². The lowest BCUT2D eigenvalue weighted by Crippen LogP contribution is -2.25. The number of aliphatic hydroxyl groups excluding tert-OH is 1. The van der Waals surface area contributed by atoms with Gasteiger partial charge in [-0.2, -0.15) is 0 Å². The molecule has 0 rings (SSSR count). The Kier molecular flexibility index (Phi) is 2.62. The van der Waals surface area contributed by atoms with Gasteiger partial charge in [-0.25, -0.2) is 0 Å². The standard InChI is InChI=1S/C3H6NO2/c4-3(1-5)2-6/h3,5H,1,4H2. The smallest absolute Gasteiger partial charge is 0.219 e. The topological polar surface area (TPSA) is 63.3 Å². The van der Waals surface area contributed by atoms with Crippen molar-refractivity contribution in [3.05, 3.63) is 0 Å². The van der Waals surface area contributed by atoms with E-state index in [9.17, 15) is 4.79 Å². The number of nitrogens with two attached hydrogens (primary N) is 1. The molecule has 0 saturated heterocycles. The summed E-state index contributed by atoms with van der Waals surface area (Å²) in [5, 5.41) is 7.95. The molecule has 0 aliphatic heterocycles. The van der Waals surface area contributed by atoms with Crippen LogP contribution in [0.5, 0.6) is 0 Å². The molecule has 0 amide bonds. The average Bonchev–Trinajstić information content (AvgIpc) is 1.65. The Morgan fingerprint density at radius 2 is 2.50 bits per heavy atom. The number of carbonyl (C=O) groups excluding carboxylic acids is 1. The van der Waals surface area contributed by atoms with Gasteiger partial charge in [0.1, 0.15) is 0 Å². The van der Waals surface area contributed by atoms with Gasteiger partial charge in [-0.1, -0.05) is 0 Å². The molecule has 35 valence electrons. The molecule has 1 unspecified atom stereocenters. The van der Waals surface area contributed by atoms with Gasteiger partial charge in [0.2, 0.25) is 6.29 Å². The van der Waals surface area contributed by atoms with Crippen LogP contribution >= 0.6 is 0 Å². The first kappa shape index (κ1) is 5.59. The molecule has 1 atom stereocenters. The predicted molar refractivity (Wildman–Crippen MR) is 20.8 cm³/mol. The second kappa shape index (κ2) is 2.81. The maximum absolute atomic E-state index is 9.33. The van der Waals surface area contributed by atoms with Crippen molar-refractivity contribution in [1.29, 1.82) is 0 Å². The molecule has 0 aromatic heterocycles. The summed E-state index contributed by atoms with van der Waals surface area (Å²) in [6, 6.07) is -0.815. The fraction of sp³-hybridized carbons (Fsp3) is 0.667. The van der Waals surface area contributed by atoms with Gasteiger partial charge in [-0.05, 0) is 0 Å². The number of hydrogen-bond acceptors (Lipinski definition) is 3. The van der Waals surface area contributed by atoms with E-state index in [4.69, 9.17) is 10.8 Å². The monoisotopic (exact) mass is 88.0 g/mol. The van der Waals surface area contributed by atoms with Gasteiger partial charge in [0.15, 0.2) is 0 Å². The molecule has 0 aromatic carbocycles. The van der Waals surface area contributed by atoms with Crippen molar-refractivity contribution in [2.75, 3.05) is 6.61 Å². The van der Waals surface area contributed by atoms with Gasteiger partial charge in [0, 0.05) is 0 Å². The van der Waals surface area contributed by atoms with E-state index in [0.717, 1.165) is 0 Å². The lowest BCUT2D eigenvalue weighted by molar-refractivity contribution is 0.287. The van der Waals surface area contributed by atoms with E-state index in [1.54, 1.807) is 0 Å². The van der Waals surface area contributed by atoms with Crippen LogP contribution in [-0.2, 0) is 4.79 Å². The van der Waals surface area contributed by atoms with E-state index < -0.39 is 6.04 Å². The first-order chi connectivity index (χ1) is 2.81. The summed E-state index contributed by atoms with van der Waals surface area (Å²) in [5.74, 6) is 0. The molecular formula is C3H6NO2. The molecule has 0 aromatic rings. The molecule has 0 aliphatic carbocycles. The van der Waals surface area contributed by atoms with Crippen LogP contribution in [0.15, 0.2) is 0 Å². The van der Waals surface area contributed by atoms with E-state index >= 15 is 0 Å². The van der Waals surface area contributed by atoms with Crippen LogP contribution in [0, 0.1) is 0 Å². The Morgan fingerprint density at radius 3 is 2.50 bits per heavy atom. The Hall–Kier alpha value is -0.410. The van der Waals surface area contributed by atoms with Gasteiger partial charge in [-0.15, -0.1) is 0 Å². The van der Waals surface area contributed by atoms with Crippen molar-refractivity contribution in [2.24, 2.45) is 5.73 Å². The van der Waals surface area contributed by atoms with E-state index in [0.29, 0.717) is 0 Å². The summed E-state index contributed by atoms with van der Waals surface area (Å²) >= 11 is 0. The second-order valence-electron chi connectivity index (χ2n) is 0.907. The highest BCUT2D eigenvalue weighted by Crippen LogP contribution is 1.60. The zero-order valence-electron chi connectivity index (χ0n) is 3.22. The van der Waals surface area contributed by atoms with Crippen LogP contribution in [0.25, 0.3) is 0 Å². The van der Waals surface area contributed by atoms with Crippen molar-refractivity contribution in [2.45, 2.75) is 6.04 Å². The molecule has 6 heavy (non-hydrogen) atoms. The molecule has 0 heterocycles. The molecule has 0 aliphatic rings. The summed E-state index contributed by atoms with van der Waals surface area (Å²) in [4.78, 5) is 9.33. The minimum Gasteiger partial charge on any atom is -0.394 e. The Labute approximate surface area is 35.8 Å². The number of rotatable bonds is 2. The maximum atomic E-state index is 9.33. The first-order valence-electron chi connectivity index (χ1n) is 1.55. The Morgan fingerprint density at radius 1 is 2.00 bits per heavy atom. The first-order valence-corrected chi connectivity index (χ1v) is 1.55. The van der Waals surface area contributed by atoms with Gasteiger partial charge in [0.25, 0.3) is 0 Å². The predicted octanol–water partition coefficient (Wildman–Crippen LogP) is -1.58. The molecule has 3 heteroatoms. The highest BCUT2D eigenvalue weighted by atomic mass is 16.3. The maximum Gasteiger partial charge on any atom is 0.219 e. The summed E-state index contributed by atoms with van der Waals surface area (Å²) in [5.41, 5.74) is 4.80. The van der Waals surface area contributed by atoms with Crippen LogP contribution in [0.4, 0.5) is 0 Å². The van der Waals surface area contributed by atoms with Crippen LogP contribution < -0.4 is 5.73 Å². The van der Waals surface area contributed by atoms with E-state index in [1.807, 2.05) is 0 Å². The third-order valence-electron chi connectivity index (χ3n) is 0.348. The minimum atomic E-state index is -0.815. The van der Waals surface area contributed by atoms with Crippen molar-refractivity contribution in [3.8, 4) is 0 Å².